The number of hydrogen-bond acceptors (Lipinski definition) is 5. The molecule has 0 aromatic heterocycles. The van der Waals surface area contributed by atoms with Crippen molar-refractivity contribution in [3.63, 3.8) is 0 Å². The molecule has 0 aliphatic heterocycles. The summed E-state index contributed by atoms with van der Waals surface area (Å²) >= 11 is 0. The zero-order valence-electron chi connectivity index (χ0n) is 17.6. The van der Waals surface area contributed by atoms with E-state index in [1.165, 1.54) is 7.11 Å². The normalized spacial score (nSPS) is 23.6. The molecule has 4 atom stereocenters. The molecule has 0 saturated heterocycles. The minimum Gasteiger partial charge on any atom is -0.469 e. The van der Waals surface area contributed by atoms with Crippen molar-refractivity contribution in [1.29, 1.82) is 0 Å². The van der Waals surface area contributed by atoms with Gasteiger partial charge in [-0.2, -0.15) is 0 Å². The zero-order chi connectivity index (χ0) is 21.1. The first-order valence-electron chi connectivity index (χ1n) is 10.8. The van der Waals surface area contributed by atoms with Crippen molar-refractivity contribution in [2.24, 2.45) is 11.8 Å². The van der Waals surface area contributed by atoms with Gasteiger partial charge in [-0.3, -0.25) is 4.79 Å². The Morgan fingerprint density at radius 1 is 1.10 bits per heavy atom. The van der Waals surface area contributed by atoms with Gasteiger partial charge in [-0.25, -0.2) is 4.79 Å². The van der Waals surface area contributed by atoms with E-state index in [1.54, 1.807) is 0 Å². The molecule has 0 heterocycles. The van der Waals surface area contributed by atoms with E-state index in [0.29, 0.717) is 12.8 Å². The molecule has 6 nitrogen and oxygen atoms in total. The standard InChI is InChI=1S/C23H35NO5/c1-3-18-19(13-9-4-5-10-14-22(26)28-2)21(25)15-20(18)24-23(27)29-16-17-11-7-6-8-12-17/h6-8,11-12,18-21,25H,3-5,9-10,13-16H2,1-2H3,(H,24,27)/t18-,19?,20-,21+/m1/s1. The second kappa shape index (κ2) is 12.5. The van der Waals surface area contributed by atoms with Crippen LogP contribution in [0.25, 0.3) is 0 Å². The first kappa shape index (κ1) is 23.2. The fourth-order valence-corrected chi connectivity index (χ4v) is 4.37. The Morgan fingerprint density at radius 3 is 2.52 bits per heavy atom. The van der Waals surface area contributed by atoms with Gasteiger partial charge in [0.1, 0.15) is 6.61 Å². The summed E-state index contributed by atoms with van der Waals surface area (Å²) in [6, 6.07) is 9.54. The van der Waals surface area contributed by atoms with Crippen molar-refractivity contribution in [1.82, 2.24) is 5.32 Å². The van der Waals surface area contributed by atoms with Gasteiger partial charge in [-0.1, -0.05) is 62.9 Å². The maximum atomic E-state index is 12.2. The molecular formula is C23H35NO5. The van der Waals surface area contributed by atoms with Crippen LogP contribution in [0, 0.1) is 11.8 Å². The first-order valence-corrected chi connectivity index (χ1v) is 10.8. The SMILES string of the molecule is CC[C@@H]1C(CCCCCCC(=O)OC)[C@@H](O)C[C@H]1NC(=O)OCc1ccccc1. The van der Waals surface area contributed by atoms with Gasteiger partial charge >= 0.3 is 12.1 Å². The minimum absolute atomic E-state index is 0.0532. The summed E-state index contributed by atoms with van der Waals surface area (Å²) in [6.45, 7) is 2.35. The molecule has 1 aromatic carbocycles. The third kappa shape index (κ3) is 7.69. The molecule has 162 valence electrons. The third-order valence-electron chi connectivity index (χ3n) is 5.94. The van der Waals surface area contributed by atoms with Crippen LogP contribution in [0.4, 0.5) is 4.79 Å². The van der Waals surface area contributed by atoms with Crippen LogP contribution in [0.15, 0.2) is 30.3 Å². The number of carbonyl (C=O) groups excluding carboxylic acids is 2. The monoisotopic (exact) mass is 405 g/mol. The number of esters is 1. The number of amides is 1. The highest BCUT2D eigenvalue weighted by Crippen LogP contribution is 2.38. The summed E-state index contributed by atoms with van der Waals surface area (Å²) in [7, 11) is 1.41. The summed E-state index contributed by atoms with van der Waals surface area (Å²) in [6.07, 6.45) is 5.96. The molecule has 2 N–H and O–H groups in total. The molecule has 6 heteroatoms. The van der Waals surface area contributed by atoms with E-state index < -0.39 is 12.2 Å². The maximum absolute atomic E-state index is 12.2. The summed E-state index contributed by atoms with van der Waals surface area (Å²) in [5.41, 5.74) is 0.950. The zero-order valence-corrected chi connectivity index (χ0v) is 17.6. The number of hydrogen-bond donors (Lipinski definition) is 2. The molecule has 1 fully saturated rings. The first-order chi connectivity index (χ1) is 14.0. The molecule has 0 spiro atoms. The number of unbranched alkanes of at least 4 members (excludes halogenated alkanes) is 3. The van der Waals surface area contributed by atoms with Crippen LogP contribution in [-0.4, -0.2) is 36.4 Å². The van der Waals surface area contributed by atoms with Gasteiger partial charge in [-0.05, 0) is 36.7 Å². The molecule has 1 aromatic rings. The number of nitrogens with one attached hydrogen (secondary N) is 1. The second-order valence-corrected chi connectivity index (χ2v) is 7.88. The lowest BCUT2D eigenvalue weighted by Gasteiger charge is -2.24. The molecule has 1 saturated carbocycles. The number of benzene rings is 1. The number of rotatable bonds is 11. The highest BCUT2D eigenvalue weighted by atomic mass is 16.5. The highest BCUT2D eigenvalue weighted by molar-refractivity contribution is 5.69. The van der Waals surface area contributed by atoms with E-state index in [4.69, 9.17) is 4.74 Å². The summed E-state index contributed by atoms with van der Waals surface area (Å²) in [5.74, 6) is 0.291. The maximum Gasteiger partial charge on any atom is 0.407 e. The van der Waals surface area contributed by atoms with Gasteiger partial charge in [0.05, 0.1) is 13.2 Å². The number of ether oxygens (including phenoxy) is 2. The molecule has 2 rings (SSSR count). The lowest BCUT2D eigenvalue weighted by atomic mass is 9.86. The largest absolute Gasteiger partial charge is 0.469 e. The fraction of sp³-hybridized carbons (Fsp3) is 0.652. The molecule has 1 aliphatic rings. The van der Waals surface area contributed by atoms with E-state index in [9.17, 15) is 14.7 Å². The molecule has 1 aliphatic carbocycles. The van der Waals surface area contributed by atoms with Crippen LogP contribution in [0.2, 0.25) is 0 Å². The Bertz CT molecular complexity index is 621. The Morgan fingerprint density at radius 2 is 1.83 bits per heavy atom. The predicted molar refractivity (Wildman–Crippen MR) is 111 cm³/mol. The van der Waals surface area contributed by atoms with E-state index in [-0.39, 0.29) is 30.5 Å². The number of carbonyl (C=O) groups is 2. The summed E-state index contributed by atoms with van der Waals surface area (Å²) in [5, 5.41) is 13.5. The van der Waals surface area contributed by atoms with Crippen LogP contribution >= 0.6 is 0 Å². The number of aliphatic hydroxyl groups excluding tert-OH is 1. The second-order valence-electron chi connectivity index (χ2n) is 7.88. The van der Waals surface area contributed by atoms with Crippen LogP contribution in [-0.2, 0) is 20.9 Å². The van der Waals surface area contributed by atoms with Crippen molar-refractivity contribution in [2.45, 2.75) is 77.0 Å². The molecule has 0 bridgehead atoms. The van der Waals surface area contributed by atoms with Crippen LogP contribution in [0.5, 0.6) is 0 Å². The quantitative estimate of drug-likeness (QED) is 0.426. The van der Waals surface area contributed by atoms with Crippen molar-refractivity contribution in [3.8, 4) is 0 Å². The Labute approximate surface area is 174 Å². The van der Waals surface area contributed by atoms with E-state index in [0.717, 1.165) is 44.1 Å². The average Bonchev–Trinajstić information content (AvgIpc) is 3.03. The van der Waals surface area contributed by atoms with Crippen LogP contribution < -0.4 is 5.32 Å². The Hall–Kier alpha value is -2.08. The number of alkyl carbamates (subject to hydrolysis) is 1. The molecule has 0 radical (unpaired) electrons. The van der Waals surface area contributed by atoms with Gasteiger partial charge in [0, 0.05) is 12.5 Å². The molecule has 29 heavy (non-hydrogen) atoms. The van der Waals surface area contributed by atoms with Gasteiger partial charge in [0.25, 0.3) is 0 Å². The van der Waals surface area contributed by atoms with Gasteiger partial charge in [0.15, 0.2) is 0 Å². The topological polar surface area (TPSA) is 84.9 Å². The number of aliphatic hydroxyl groups is 1. The lowest BCUT2D eigenvalue weighted by molar-refractivity contribution is -0.140. The summed E-state index contributed by atoms with van der Waals surface area (Å²) < 4.78 is 9.99. The van der Waals surface area contributed by atoms with Crippen LogP contribution in [0.1, 0.15) is 63.9 Å². The van der Waals surface area contributed by atoms with E-state index in [1.807, 2.05) is 30.3 Å². The Kier molecular flexibility index (Phi) is 9.98. The molecule has 1 amide bonds. The van der Waals surface area contributed by atoms with E-state index in [2.05, 4.69) is 17.0 Å². The van der Waals surface area contributed by atoms with Crippen molar-refractivity contribution >= 4 is 12.1 Å². The summed E-state index contributed by atoms with van der Waals surface area (Å²) in [4.78, 5) is 23.3. The van der Waals surface area contributed by atoms with Crippen molar-refractivity contribution < 1.29 is 24.2 Å². The van der Waals surface area contributed by atoms with Crippen molar-refractivity contribution in [2.75, 3.05) is 7.11 Å². The molecule has 1 unspecified atom stereocenters. The van der Waals surface area contributed by atoms with Crippen LogP contribution in [0.3, 0.4) is 0 Å². The molecular weight excluding hydrogens is 370 g/mol. The third-order valence-corrected chi connectivity index (χ3v) is 5.94. The van der Waals surface area contributed by atoms with E-state index >= 15 is 0 Å². The Balaban J connectivity index is 1.72. The highest BCUT2D eigenvalue weighted by Gasteiger charge is 2.41. The number of methoxy groups -OCH3 is 1. The average molecular weight is 406 g/mol. The minimum atomic E-state index is -0.423. The van der Waals surface area contributed by atoms with Crippen molar-refractivity contribution in [3.05, 3.63) is 35.9 Å². The lowest BCUT2D eigenvalue weighted by Crippen LogP contribution is -2.38. The smallest absolute Gasteiger partial charge is 0.407 e. The predicted octanol–water partition coefficient (Wildman–Crippen LogP) is 4.20. The van der Waals surface area contributed by atoms with Gasteiger partial charge in [-0.15, -0.1) is 0 Å². The fourth-order valence-electron chi connectivity index (χ4n) is 4.37. The van der Waals surface area contributed by atoms with Gasteiger partial charge < -0.3 is 19.9 Å². The van der Waals surface area contributed by atoms with Gasteiger partial charge in [0.2, 0.25) is 0 Å².